The Bertz CT molecular complexity index is 146. The molecule has 1 heteroatoms. The minimum atomic E-state index is 0.910. The number of benzene rings is 1. The summed E-state index contributed by atoms with van der Waals surface area (Å²) < 4.78 is 4.91. The molecule has 0 spiro atoms. The summed E-state index contributed by atoms with van der Waals surface area (Å²) >= 11 is 0. The second kappa shape index (κ2) is 2.36. The molecular formula is C7H8O. The Morgan fingerprint density at radius 1 is 1.38 bits per heavy atom. The minimum Gasteiger partial charge on any atom is -0.497 e. The van der Waals surface area contributed by atoms with Crippen LogP contribution in [0.1, 0.15) is 0 Å². The molecule has 0 aromatic heterocycles. The smallest absolute Gasteiger partial charge is 0.118 e. The first kappa shape index (κ1) is 5.16. The average Bonchev–Trinajstić information content (AvgIpc) is 1.90. The number of rotatable bonds is 1. The van der Waals surface area contributed by atoms with Gasteiger partial charge in [-0.2, -0.15) is 0 Å². The van der Waals surface area contributed by atoms with Gasteiger partial charge in [0.25, 0.3) is 0 Å². The zero-order valence-electron chi connectivity index (χ0n) is 4.79. The summed E-state index contributed by atoms with van der Waals surface area (Å²) in [4.78, 5) is 0. The summed E-state index contributed by atoms with van der Waals surface area (Å²) in [5.74, 6) is 0.910. The molecule has 8 heavy (non-hydrogen) atoms. The molecule has 0 saturated carbocycles. The fourth-order valence-corrected chi connectivity index (χ4v) is 0.557. The zero-order chi connectivity index (χ0) is 5.82. The van der Waals surface area contributed by atoms with Crippen molar-refractivity contribution in [3.63, 3.8) is 0 Å². The third-order valence-electron chi connectivity index (χ3n) is 0.979. The fourth-order valence-electron chi connectivity index (χ4n) is 0.557. The van der Waals surface area contributed by atoms with Crippen molar-refractivity contribution in [2.45, 2.75) is 0 Å². The molecule has 0 atom stereocenters. The zero-order valence-corrected chi connectivity index (χ0v) is 4.79. The number of hydrogen-bond donors (Lipinski definition) is 0. The van der Waals surface area contributed by atoms with Crippen LogP contribution in [0.15, 0.2) is 30.3 Å². The molecule has 0 saturated heterocycles. The first-order valence-electron chi connectivity index (χ1n) is 2.52. The van der Waals surface area contributed by atoms with Crippen LogP contribution in [0.4, 0.5) is 0 Å². The Morgan fingerprint density at radius 2 is 2.00 bits per heavy atom. The maximum absolute atomic E-state index is 4.91. The van der Waals surface area contributed by atoms with E-state index in [2.05, 4.69) is 0 Å². The topological polar surface area (TPSA) is 9.23 Å². The molecule has 1 aromatic carbocycles. The van der Waals surface area contributed by atoms with Crippen molar-refractivity contribution in [3.8, 4) is 5.75 Å². The Hall–Kier alpha value is -0.980. The van der Waals surface area contributed by atoms with E-state index in [4.69, 9.17) is 4.74 Å². The van der Waals surface area contributed by atoms with Gasteiger partial charge in [0, 0.05) is 0 Å². The molecule has 42 valence electrons. The minimum absolute atomic E-state index is 0.910. The third kappa shape index (κ3) is 0.997. The van der Waals surface area contributed by atoms with Gasteiger partial charge in [-0.15, -0.1) is 0 Å². The van der Waals surface area contributed by atoms with E-state index in [9.17, 15) is 0 Å². The van der Waals surface area contributed by atoms with Crippen LogP contribution >= 0.6 is 0 Å². The summed E-state index contributed by atoms with van der Waals surface area (Å²) in [6.07, 6.45) is 0. The number of para-hydroxylation sites is 1. The monoisotopic (exact) mass is 110 g/mol. The summed E-state index contributed by atoms with van der Waals surface area (Å²) in [5, 5.41) is 0. The summed E-state index contributed by atoms with van der Waals surface area (Å²) in [6.45, 7) is 0. The van der Waals surface area contributed by atoms with E-state index < -0.39 is 0 Å². The third-order valence-corrected chi connectivity index (χ3v) is 0.979. The molecule has 1 nitrogen and oxygen atoms in total. The van der Waals surface area contributed by atoms with Crippen LogP contribution in [0.25, 0.3) is 0 Å². The highest BCUT2D eigenvalue weighted by atomic mass is 16.5. The van der Waals surface area contributed by atoms with Crippen LogP contribution in [0.2, 0.25) is 0 Å². The lowest BCUT2D eigenvalue weighted by Gasteiger charge is -1.93. The van der Waals surface area contributed by atoms with Gasteiger partial charge in [0.2, 0.25) is 0 Å². The molecule has 0 fully saturated rings. The highest BCUT2D eigenvalue weighted by molar-refractivity contribution is 5.20. The largest absolute Gasteiger partial charge is 0.497 e. The molecule has 0 N–H and O–H groups in total. The quantitative estimate of drug-likeness (QED) is 0.534. The van der Waals surface area contributed by atoms with Crippen molar-refractivity contribution < 1.29 is 4.74 Å². The fraction of sp³-hybridized carbons (Fsp3) is 0.143. The predicted octanol–water partition coefficient (Wildman–Crippen LogP) is 1.70. The van der Waals surface area contributed by atoms with Crippen molar-refractivity contribution in [2.75, 3.05) is 7.11 Å². The maximum atomic E-state index is 4.91. The molecular weight excluding hydrogens is 102 g/mol. The SMILES string of the molecule is COc1cc[14cH]cc1. The first-order chi connectivity index (χ1) is 3.93. The van der Waals surface area contributed by atoms with Gasteiger partial charge >= 0.3 is 0 Å². The molecule has 0 unspecified atom stereocenters. The van der Waals surface area contributed by atoms with Crippen LogP contribution in [0.5, 0.6) is 5.75 Å². The number of methoxy groups -OCH3 is 1. The molecule has 1 aromatic rings. The van der Waals surface area contributed by atoms with E-state index in [0.717, 1.165) is 5.75 Å². The maximum Gasteiger partial charge on any atom is 0.118 e. The van der Waals surface area contributed by atoms with Gasteiger partial charge in [-0.25, -0.2) is 0 Å². The van der Waals surface area contributed by atoms with E-state index in [1.165, 1.54) is 0 Å². The normalized spacial score (nSPS) is 8.62. The average molecular weight is 110 g/mol. The highest BCUT2D eigenvalue weighted by Gasteiger charge is 1.80. The van der Waals surface area contributed by atoms with Gasteiger partial charge < -0.3 is 4.74 Å². The van der Waals surface area contributed by atoms with E-state index in [0.29, 0.717) is 0 Å². The molecule has 0 aliphatic rings. The highest BCUT2D eigenvalue weighted by Crippen LogP contribution is 2.05. The van der Waals surface area contributed by atoms with Crippen LogP contribution in [-0.4, -0.2) is 7.11 Å². The van der Waals surface area contributed by atoms with E-state index in [1.54, 1.807) is 7.11 Å². The van der Waals surface area contributed by atoms with Crippen LogP contribution in [-0.2, 0) is 0 Å². The van der Waals surface area contributed by atoms with Crippen LogP contribution in [0, 0.1) is 0 Å². The van der Waals surface area contributed by atoms with Gasteiger partial charge in [0.1, 0.15) is 5.75 Å². The lowest BCUT2D eigenvalue weighted by atomic mass is 10.5. The molecule has 0 amide bonds. The van der Waals surface area contributed by atoms with Crippen molar-refractivity contribution in [3.05, 3.63) is 30.3 Å². The van der Waals surface area contributed by atoms with Crippen LogP contribution < -0.4 is 4.74 Å². The van der Waals surface area contributed by atoms with E-state index >= 15 is 0 Å². The van der Waals surface area contributed by atoms with E-state index in [1.807, 2.05) is 30.3 Å². The van der Waals surface area contributed by atoms with Crippen molar-refractivity contribution >= 4 is 0 Å². The van der Waals surface area contributed by atoms with Crippen molar-refractivity contribution in [1.29, 1.82) is 0 Å². The molecule has 0 heterocycles. The second-order valence-corrected chi connectivity index (χ2v) is 1.52. The predicted molar refractivity (Wildman–Crippen MR) is 33.0 cm³/mol. The standard InChI is InChI=1S/C7H8O/c1-8-7-5-3-2-4-6-7/h2-6H,1H3/i2+2. The Balaban J connectivity index is 2.83. The van der Waals surface area contributed by atoms with Gasteiger partial charge in [0.15, 0.2) is 0 Å². The molecule has 0 bridgehead atoms. The molecule has 1 rings (SSSR count). The van der Waals surface area contributed by atoms with Crippen LogP contribution in [0.3, 0.4) is 0 Å². The first-order valence-corrected chi connectivity index (χ1v) is 2.52. The second-order valence-electron chi connectivity index (χ2n) is 1.52. The molecule has 0 aliphatic heterocycles. The van der Waals surface area contributed by atoms with Crippen molar-refractivity contribution in [1.82, 2.24) is 0 Å². The summed E-state index contributed by atoms with van der Waals surface area (Å²) in [7, 11) is 1.66. The summed E-state index contributed by atoms with van der Waals surface area (Å²) in [6, 6.07) is 9.68. The van der Waals surface area contributed by atoms with Gasteiger partial charge in [-0.05, 0) is 12.1 Å². The molecule has 0 aliphatic carbocycles. The van der Waals surface area contributed by atoms with Gasteiger partial charge in [-0.1, -0.05) is 18.2 Å². The Kier molecular flexibility index (Phi) is 1.52. The number of ether oxygens (including phenoxy) is 1. The summed E-state index contributed by atoms with van der Waals surface area (Å²) in [5.41, 5.74) is 0. The van der Waals surface area contributed by atoms with Gasteiger partial charge in [-0.3, -0.25) is 0 Å². The lowest BCUT2D eigenvalue weighted by Crippen LogP contribution is -1.78. The van der Waals surface area contributed by atoms with E-state index in [-0.39, 0.29) is 0 Å². The Labute approximate surface area is 48.9 Å². The Morgan fingerprint density at radius 3 is 2.38 bits per heavy atom. The van der Waals surface area contributed by atoms with Crippen molar-refractivity contribution in [2.24, 2.45) is 0 Å². The molecule has 0 radical (unpaired) electrons. The lowest BCUT2D eigenvalue weighted by molar-refractivity contribution is 0.415. The van der Waals surface area contributed by atoms with Gasteiger partial charge in [0.05, 0.1) is 7.11 Å². The number of hydrogen-bond acceptors (Lipinski definition) is 1.